The average molecular weight is 383 g/mol. The molecule has 136 valence electrons. The maximum atomic E-state index is 14.0. The van der Waals surface area contributed by atoms with E-state index in [1.165, 1.54) is 10.7 Å². The summed E-state index contributed by atoms with van der Waals surface area (Å²) in [5.74, 6) is 0.167. The molecule has 8 heteroatoms. The average Bonchev–Trinajstić information content (AvgIpc) is 3.11. The number of hydrogen-bond acceptors (Lipinski definition) is 5. The minimum atomic E-state index is -0.310. The molecule has 1 atom stereocenters. The Morgan fingerprint density at radius 3 is 2.56 bits per heavy atom. The van der Waals surface area contributed by atoms with Gasteiger partial charge in [-0.15, -0.1) is 15.3 Å². The molecule has 4 rings (SSSR count). The van der Waals surface area contributed by atoms with Gasteiger partial charge in [-0.05, 0) is 18.6 Å². The van der Waals surface area contributed by atoms with Crippen LogP contribution in [0.4, 0.5) is 10.2 Å². The molecule has 1 N–H and O–H groups in total. The fraction of sp³-hybridized carbons (Fsp3) is 0.158. The van der Waals surface area contributed by atoms with Crippen molar-refractivity contribution < 1.29 is 4.39 Å². The first-order valence-electron chi connectivity index (χ1n) is 8.43. The molecule has 2 aromatic heterocycles. The van der Waals surface area contributed by atoms with Crippen LogP contribution in [0.25, 0.3) is 11.0 Å². The lowest BCUT2D eigenvalue weighted by atomic mass is 10.1. The van der Waals surface area contributed by atoms with Gasteiger partial charge in [0.05, 0.1) is 12.6 Å². The first-order valence-corrected chi connectivity index (χ1v) is 8.81. The normalized spacial score (nSPS) is 12.3. The molecule has 0 aliphatic heterocycles. The third kappa shape index (κ3) is 3.46. The van der Waals surface area contributed by atoms with E-state index in [1.807, 2.05) is 37.3 Å². The highest BCUT2D eigenvalue weighted by Gasteiger charge is 2.18. The number of aromatic nitrogens is 5. The fourth-order valence-electron chi connectivity index (χ4n) is 2.89. The zero-order chi connectivity index (χ0) is 18.8. The monoisotopic (exact) mass is 382 g/mol. The minimum absolute atomic E-state index is 0.0124. The number of halogens is 2. The molecule has 27 heavy (non-hydrogen) atoms. The highest BCUT2D eigenvalue weighted by atomic mass is 35.5. The van der Waals surface area contributed by atoms with E-state index in [9.17, 15) is 4.39 Å². The Hall–Kier alpha value is -3.06. The Balaban J connectivity index is 1.69. The van der Waals surface area contributed by atoms with Crippen LogP contribution in [0.2, 0.25) is 5.15 Å². The van der Waals surface area contributed by atoms with E-state index in [2.05, 4.69) is 25.8 Å². The first kappa shape index (κ1) is 17.4. The quantitative estimate of drug-likeness (QED) is 0.559. The molecule has 2 heterocycles. The molecular weight excluding hydrogens is 367 g/mol. The smallest absolute Gasteiger partial charge is 0.179 e. The standard InChI is InChI=1S/C19H16ClFN6/c1-12(13-7-3-2-4-8-13)22-19-16-17(18(20)24-25-19)27(26-23-16)11-14-9-5-6-10-15(14)21/h2-10,12H,11H2,1H3,(H,22,25)/t12-/m1/s1. The second kappa shape index (κ2) is 7.28. The largest absolute Gasteiger partial charge is 0.360 e. The third-order valence-corrected chi connectivity index (χ3v) is 4.58. The van der Waals surface area contributed by atoms with Crippen LogP contribution in [0.3, 0.4) is 0 Å². The Bertz CT molecular complexity index is 1080. The van der Waals surface area contributed by atoms with Gasteiger partial charge in [-0.1, -0.05) is 65.3 Å². The number of nitrogens with one attached hydrogen (secondary N) is 1. The molecule has 0 fully saturated rings. The van der Waals surface area contributed by atoms with E-state index >= 15 is 0 Å². The summed E-state index contributed by atoms with van der Waals surface area (Å²) in [6, 6.07) is 16.5. The number of nitrogens with zero attached hydrogens (tertiary/aromatic N) is 5. The van der Waals surface area contributed by atoms with Crippen molar-refractivity contribution >= 4 is 28.5 Å². The number of benzene rings is 2. The van der Waals surface area contributed by atoms with E-state index in [0.29, 0.717) is 22.4 Å². The van der Waals surface area contributed by atoms with Gasteiger partial charge in [0.25, 0.3) is 0 Å². The molecule has 0 saturated carbocycles. The van der Waals surface area contributed by atoms with Crippen LogP contribution in [-0.2, 0) is 6.54 Å². The molecule has 0 aliphatic carbocycles. The van der Waals surface area contributed by atoms with Crippen LogP contribution in [0.1, 0.15) is 24.1 Å². The van der Waals surface area contributed by atoms with E-state index in [4.69, 9.17) is 11.6 Å². The van der Waals surface area contributed by atoms with Crippen molar-refractivity contribution in [2.75, 3.05) is 5.32 Å². The van der Waals surface area contributed by atoms with Gasteiger partial charge in [0.1, 0.15) is 11.3 Å². The predicted molar refractivity (Wildman–Crippen MR) is 102 cm³/mol. The van der Waals surface area contributed by atoms with Gasteiger partial charge in [0, 0.05) is 5.56 Å². The van der Waals surface area contributed by atoms with Crippen LogP contribution >= 0.6 is 11.6 Å². The lowest BCUT2D eigenvalue weighted by Gasteiger charge is -2.14. The van der Waals surface area contributed by atoms with Crippen molar-refractivity contribution in [3.05, 3.63) is 76.7 Å². The zero-order valence-electron chi connectivity index (χ0n) is 14.5. The Kier molecular flexibility index (Phi) is 4.68. The molecular formula is C19H16ClFN6. The number of rotatable bonds is 5. The highest BCUT2D eigenvalue weighted by Crippen LogP contribution is 2.27. The number of hydrogen-bond donors (Lipinski definition) is 1. The Morgan fingerprint density at radius 2 is 1.78 bits per heavy atom. The van der Waals surface area contributed by atoms with E-state index < -0.39 is 0 Å². The van der Waals surface area contributed by atoms with Crippen LogP contribution in [0.5, 0.6) is 0 Å². The summed E-state index contributed by atoms with van der Waals surface area (Å²) < 4.78 is 15.5. The van der Waals surface area contributed by atoms with Crippen molar-refractivity contribution in [1.29, 1.82) is 0 Å². The zero-order valence-corrected chi connectivity index (χ0v) is 15.2. The molecule has 0 amide bonds. The minimum Gasteiger partial charge on any atom is -0.360 e. The molecule has 6 nitrogen and oxygen atoms in total. The lowest BCUT2D eigenvalue weighted by Crippen LogP contribution is -2.09. The molecule has 4 aromatic rings. The predicted octanol–water partition coefficient (Wildman–Crippen LogP) is 4.24. The third-order valence-electron chi connectivity index (χ3n) is 4.32. The molecule has 0 radical (unpaired) electrons. The Labute approximate surface area is 160 Å². The summed E-state index contributed by atoms with van der Waals surface area (Å²) >= 11 is 6.24. The summed E-state index contributed by atoms with van der Waals surface area (Å²) in [7, 11) is 0. The molecule has 0 spiro atoms. The second-order valence-electron chi connectivity index (χ2n) is 6.15. The van der Waals surface area contributed by atoms with E-state index in [0.717, 1.165) is 5.56 Å². The van der Waals surface area contributed by atoms with Gasteiger partial charge in [0.15, 0.2) is 16.5 Å². The van der Waals surface area contributed by atoms with Crippen molar-refractivity contribution in [2.24, 2.45) is 0 Å². The molecule has 0 aliphatic rings. The molecule has 0 saturated heterocycles. The summed E-state index contributed by atoms with van der Waals surface area (Å²) in [5, 5.41) is 19.9. The van der Waals surface area contributed by atoms with Crippen molar-refractivity contribution in [1.82, 2.24) is 25.2 Å². The Morgan fingerprint density at radius 1 is 1.04 bits per heavy atom. The van der Waals surface area contributed by atoms with Crippen LogP contribution < -0.4 is 5.32 Å². The fourth-order valence-corrected chi connectivity index (χ4v) is 3.12. The maximum Gasteiger partial charge on any atom is 0.179 e. The van der Waals surface area contributed by atoms with Gasteiger partial charge in [-0.3, -0.25) is 0 Å². The van der Waals surface area contributed by atoms with Crippen LogP contribution in [-0.4, -0.2) is 25.2 Å². The van der Waals surface area contributed by atoms with E-state index in [1.54, 1.807) is 18.2 Å². The SMILES string of the molecule is C[C@@H](Nc1nnc(Cl)c2c1nnn2Cc1ccccc1F)c1ccccc1. The topological polar surface area (TPSA) is 68.5 Å². The number of fused-ring (bicyclic) bond motifs is 1. The van der Waals surface area contributed by atoms with Crippen LogP contribution in [0.15, 0.2) is 54.6 Å². The summed E-state index contributed by atoms with van der Waals surface area (Å²) in [4.78, 5) is 0. The van der Waals surface area contributed by atoms with Gasteiger partial charge in [0.2, 0.25) is 0 Å². The van der Waals surface area contributed by atoms with Gasteiger partial charge in [-0.2, -0.15) is 0 Å². The summed E-state index contributed by atoms with van der Waals surface area (Å²) in [5.41, 5.74) is 2.59. The van der Waals surface area contributed by atoms with Crippen molar-refractivity contribution in [2.45, 2.75) is 19.5 Å². The molecule has 0 bridgehead atoms. The highest BCUT2D eigenvalue weighted by molar-refractivity contribution is 6.33. The van der Waals surface area contributed by atoms with Crippen molar-refractivity contribution in [3.8, 4) is 0 Å². The summed E-state index contributed by atoms with van der Waals surface area (Å²) in [6.45, 7) is 2.21. The maximum absolute atomic E-state index is 14.0. The van der Waals surface area contributed by atoms with Gasteiger partial charge >= 0.3 is 0 Å². The second-order valence-corrected chi connectivity index (χ2v) is 6.51. The molecule has 0 unspecified atom stereocenters. The molecule has 2 aromatic carbocycles. The van der Waals surface area contributed by atoms with Gasteiger partial charge in [-0.25, -0.2) is 9.07 Å². The lowest BCUT2D eigenvalue weighted by molar-refractivity contribution is 0.583. The first-order chi connectivity index (χ1) is 13.1. The number of anilines is 1. The van der Waals surface area contributed by atoms with Crippen molar-refractivity contribution in [3.63, 3.8) is 0 Å². The van der Waals surface area contributed by atoms with Crippen LogP contribution in [0, 0.1) is 5.82 Å². The summed E-state index contributed by atoms with van der Waals surface area (Å²) in [6.07, 6.45) is 0. The van der Waals surface area contributed by atoms with Gasteiger partial charge < -0.3 is 5.32 Å². The van der Waals surface area contributed by atoms with E-state index in [-0.39, 0.29) is 23.6 Å².